The van der Waals surface area contributed by atoms with Crippen molar-refractivity contribution in [3.8, 4) is 0 Å². The normalized spacial score (nSPS) is 12.5. The minimum Gasteiger partial charge on any atom is -0.365 e. The molecule has 0 bridgehead atoms. The Bertz CT molecular complexity index is 279. The molecular formula is C9H15IN4. The SMILES string of the molecule is CCCC(CN)Nc1ncncc1I. The number of rotatable bonds is 5. The average molecular weight is 306 g/mol. The molecule has 0 amide bonds. The van der Waals surface area contributed by atoms with Crippen molar-refractivity contribution in [1.29, 1.82) is 0 Å². The van der Waals surface area contributed by atoms with E-state index in [0.29, 0.717) is 12.6 Å². The monoisotopic (exact) mass is 306 g/mol. The van der Waals surface area contributed by atoms with Crippen molar-refractivity contribution >= 4 is 28.4 Å². The summed E-state index contributed by atoms with van der Waals surface area (Å²) in [6.45, 7) is 2.78. The molecule has 0 aromatic carbocycles. The van der Waals surface area contributed by atoms with Crippen LogP contribution in [0.4, 0.5) is 5.82 Å². The van der Waals surface area contributed by atoms with E-state index >= 15 is 0 Å². The van der Waals surface area contributed by atoms with Gasteiger partial charge in [-0.2, -0.15) is 0 Å². The van der Waals surface area contributed by atoms with Crippen molar-refractivity contribution in [2.75, 3.05) is 11.9 Å². The summed E-state index contributed by atoms with van der Waals surface area (Å²) in [4.78, 5) is 8.10. The molecule has 0 aliphatic rings. The molecule has 4 nitrogen and oxygen atoms in total. The van der Waals surface area contributed by atoms with Crippen LogP contribution in [0.1, 0.15) is 19.8 Å². The minimum absolute atomic E-state index is 0.309. The van der Waals surface area contributed by atoms with Crippen LogP contribution in [-0.2, 0) is 0 Å². The second kappa shape index (κ2) is 6.13. The summed E-state index contributed by atoms with van der Waals surface area (Å²) in [5.74, 6) is 0.879. The van der Waals surface area contributed by atoms with Crippen molar-refractivity contribution < 1.29 is 0 Å². The van der Waals surface area contributed by atoms with Crippen LogP contribution in [0.25, 0.3) is 0 Å². The molecular weight excluding hydrogens is 291 g/mol. The van der Waals surface area contributed by atoms with Crippen molar-refractivity contribution in [1.82, 2.24) is 9.97 Å². The maximum atomic E-state index is 5.65. The maximum absolute atomic E-state index is 5.65. The summed E-state index contributed by atoms with van der Waals surface area (Å²) in [6, 6.07) is 0.309. The fourth-order valence-corrected chi connectivity index (χ4v) is 1.67. The highest BCUT2D eigenvalue weighted by Crippen LogP contribution is 2.14. The quantitative estimate of drug-likeness (QED) is 0.812. The fourth-order valence-electron chi connectivity index (χ4n) is 1.21. The van der Waals surface area contributed by atoms with Crippen LogP contribution >= 0.6 is 22.6 Å². The largest absolute Gasteiger partial charge is 0.365 e. The van der Waals surface area contributed by atoms with Gasteiger partial charge in [0.1, 0.15) is 12.1 Å². The highest BCUT2D eigenvalue weighted by molar-refractivity contribution is 14.1. The Morgan fingerprint density at radius 3 is 3.00 bits per heavy atom. The molecule has 78 valence electrons. The number of anilines is 1. The van der Waals surface area contributed by atoms with E-state index in [4.69, 9.17) is 5.73 Å². The van der Waals surface area contributed by atoms with Gasteiger partial charge in [0.05, 0.1) is 3.57 Å². The molecule has 1 aromatic heterocycles. The van der Waals surface area contributed by atoms with Gasteiger partial charge in [-0.05, 0) is 29.0 Å². The van der Waals surface area contributed by atoms with Crippen molar-refractivity contribution in [2.24, 2.45) is 5.73 Å². The van der Waals surface area contributed by atoms with E-state index in [1.165, 1.54) is 0 Å². The Balaban J connectivity index is 2.62. The van der Waals surface area contributed by atoms with Crippen LogP contribution < -0.4 is 11.1 Å². The lowest BCUT2D eigenvalue weighted by molar-refractivity contribution is 0.645. The van der Waals surface area contributed by atoms with Gasteiger partial charge < -0.3 is 11.1 Å². The summed E-state index contributed by atoms with van der Waals surface area (Å²) < 4.78 is 1.03. The predicted molar refractivity (Wildman–Crippen MR) is 66.1 cm³/mol. The molecule has 0 aliphatic carbocycles. The van der Waals surface area contributed by atoms with Gasteiger partial charge in [-0.3, -0.25) is 0 Å². The van der Waals surface area contributed by atoms with Crippen LogP contribution in [0.15, 0.2) is 12.5 Å². The van der Waals surface area contributed by atoms with E-state index in [2.05, 4.69) is 44.8 Å². The molecule has 1 unspecified atom stereocenters. The summed E-state index contributed by atoms with van der Waals surface area (Å²) in [6.07, 6.45) is 5.52. The van der Waals surface area contributed by atoms with E-state index in [1.807, 2.05) is 0 Å². The van der Waals surface area contributed by atoms with E-state index < -0.39 is 0 Å². The molecule has 0 aliphatic heterocycles. The highest BCUT2D eigenvalue weighted by Gasteiger charge is 2.07. The summed E-state index contributed by atoms with van der Waals surface area (Å²) in [5.41, 5.74) is 5.65. The standard InChI is InChI=1S/C9H15IN4/c1-2-3-7(4-11)14-9-8(10)5-12-6-13-9/h5-7H,2-4,11H2,1H3,(H,12,13,14). The van der Waals surface area contributed by atoms with Crippen molar-refractivity contribution in [2.45, 2.75) is 25.8 Å². The van der Waals surface area contributed by atoms with Crippen LogP contribution in [0.5, 0.6) is 0 Å². The Morgan fingerprint density at radius 1 is 1.64 bits per heavy atom. The molecule has 0 radical (unpaired) electrons. The molecule has 5 heteroatoms. The number of hydrogen-bond acceptors (Lipinski definition) is 4. The van der Waals surface area contributed by atoms with Gasteiger partial charge in [-0.25, -0.2) is 9.97 Å². The lowest BCUT2D eigenvalue weighted by atomic mass is 10.2. The van der Waals surface area contributed by atoms with E-state index in [0.717, 1.165) is 22.2 Å². The second-order valence-electron chi connectivity index (χ2n) is 3.08. The van der Waals surface area contributed by atoms with E-state index in [-0.39, 0.29) is 0 Å². The molecule has 0 saturated carbocycles. The lowest BCUT2D eigenvalue weighted by Crippen LogP contribution is -2.29. The van der Waals surface area contributed by atoms with Crippen molar-refractivity contribution in [3.63, 3.8) is 0 Å². The Morgan fingerprint density at radius 2 is 2.43 bits per heavy atom. The number of nitrogens with two attached hydrogens (primary N) is 1. The Labute approximate surface area is 97.8 Å². The van der Waals surface area contributed by atoms with Crippen molar-refractivity contribution in [3.05, 3.63) is 16.1 Å². The number of nitrogens with one attached hydrogen (secondary N) is 1. The summed E-state index contributed by atoms with van der Waals surface area (Å²) in [7, 11) is 0. The molecule has 0 spiro atoms. The maximum Gasteiger partial charge on any atom is 0.143 e. The number of aromatic nitrogens is 2. The molecule has 14 heavy (non-hydrogen) atoms. The van der Waals surface area contributed by atoms with E-state index in [1.54, 1.807) is 12.5 Å². The molecule has 1 aromatic rings. The Hall–Kier alpha value is -0.430. The molecule has 1 atom stereocenters. The van der Waals surface area contributed by atoms with Crippen LogP contribution in [-0.4, -0.2) is 22.6 Å². The summed E-state index contributed by atoms with van der Waals surface area (Å²) >= 11 is 2.21. The number of nitrogens with zero attached hydrogens (tertiary/aromatic N) is 2. The van der Waals surface area contributed by atoms with Gasteiger partial charge in [-0.1, -0.05) is 13.3 Å². The lowest BCUT2D eigenvalue weighted by Gasteiger charge is -2.16. The average Bonchev–Trinajstić information content (AvgIpc) is 2.20. The molecule has 0 fully saturated rings. The predicted octanol–water partition coefficient (Wildman–Crippen LogP) is 1.62. The van der Waals surface area contributed by atoms with E-state index in [9.17, 15) is 0 Å². The van der Waals surface area contributed by atoms with Gasteiger partial charge in [-0.15, -0.1) is 0 Å². The third-order valence-electron chi connectivity index (χ3n) is 1.93. The van der Waals surface area contributed by atoms with Gasteiger partial charge in [0, 0.05) is 18.8 Å². The second-order valence-corrected chi connectivity index (χ2v) is 4.25. The first-order valence-electron chi connectivity index (χ1n) is 4.70. The number of halogens is 1. The summed E-state index contributed by atoms with van der Waals surface area (Å²) in [5, 5.41) is 3.31. The fraction of sp³-hybridized carbons (Fsp3) is 0.556. The first kappa shape index (κ1) is 11.6. The molecule has 0 saturated heterocycles. The van der Waals surface area contributed by atoms with Crippen LogP contribution in [0.3, 0.4) is 0 Å². The van der Waals surface area contributed by atoms with Crippen LogP contribution in [0.2, 0.25) is 0 Å². The highest BCUT2D eigenvalue weighted by atomic mass is 127. The first-order valence-corrected chi connectivity index (χ1v) is 5.78. The minimum atomic E-state index is 0.309. The Kier molecular flexibility index (Phi) is 5.10. The zero-order valence-electron chi connectivity index (χ0n) is 8.20. The number of hydrogen-bond donors (Lipinski definition) is 2. The van der Waals surface area contributed by atoms with Crippen LogP contribution in [0, 0.1) is 3.57 Å². The van der Waals surface area contributed by atoms with Gasteiger partial charge in [0.25, 0.3) is 0 Å². The molecule has 1 heterocycles. The van der Waals surface area contributed by atoms with Gasteiger partial charge in [0.2, 0.25) is 0 Å². The zero-order chi connectivity index (χ0) is 10.4. The molecule has 3 N–H and O–H groups in total. The third kappa shape index (κ3) is 3.38. The smallest absolute Gasteiger partial charge is 0.143 e. The zero-order valence-corrected chi connectivity index (χ0v) is 10.4. The molecule has 1 rings (SSSR count). The third-order valence-corrected chi connectivity index (χ3v) is 2.72. The topological polar surface area (TPSA) is 63.8 Å². The van der Waals surface area contributed by atoms with Gasteiger partial charge in [0.15, 0.2) is 0 Å². The first-order chi connectivity index (χ1) is 6.77. The van der Waals surface area contributed by atoms with Gasteiger partial charge >= 0.3 is 0 Å².